The summed E-state index contributed by atoms with van der Waals surface area (Å²) >= 11 is 0. The summed E-state index contributed by atoms with van der Waals surface area (Å²) in [5.74, 6) is 1.93. The van der Waals surface area contributed by atoms with Crippen molar-refractivity contribution >= 4 is 23.1 Å². The minimum atomic E-state index is -0.202. The van der Waals surface area contributed by atoms with Crippen molar-refractivity contribution < 1.29 is 20.1 Å². The summed E-state index contributed by atoms with van der Waals surface area (Å²) in [6, 6.07) is 19.4. The Hall–Kier alpha value is -4.10. The van der Waals surface area contributed by atoms with Crippen LogP contribution in [0.3, 0.4) is 0 Å². The van der Waals surface area contributed by atoms with Crippen LogP contribution in [-0.4, -0.2) is 26.9 Å². The summed E-state index contributed by atoms with van der Waals surface area (Å²) in [4.78, 5) is 17.9. The van der Waals surface area contributed by atoms with E-state index in [1.807, 2.05) is 30.3 Å². The van der Waals surface area contributed by atoms with E-state index in [0.717, 1.165) is 5.56 Å². The zero-order valence-corrected chi connectivity index (χ0v) is 15.8. The molecule has 0 spiro atoms. The molecule has 4 aromatic rings. The Kier molecular flexibility index (Phi) is 4.95. The standard InChI is InChI=1S/C23H16N2O4.H2O/c26-17-5-3-4-16(13-17)25-22(24-19-7-2-1-6-18(19)23(25)27)11-9-15-8-10-20-21(12-15)29-14-28-20;/h1-13,26H,14H2;1H2/b11-9+;. The first kappa shape index (κ1) is 19.2. The highest BCUT2D eigenvalue weighted by Gasteiger charge is 2.13. The van der Waals surface area contributed by atoms with Gasteiger partial charge in [0.1, 0.15) is 11.6 Å². The molecule has 3 aromatic carbocycles. The third kappa shape index (κ3) is 3.38. The Labute approximate surface area is 171 Å². The molecule has 2 heterocycles. The minimum Gasteiger partial charge on any atom is -0.508 e. The summed E-state index contributed by atoms with van der Waals surface area (Å²) in [5.41, 5.74) is 1.84. The summed E-state index contributed by atoms with van der Waals surface area (Å²) in [6.07, 6.45) is 3.63. The number of aromatic hydroxyl groups is 1. The quantitative estimate of drug-likeness (QED) is 0.567. The van der Waals surface area contributed by atoms with Crippen LogP contribution in [0.2, 0.25) is 0 Å². The number of phenols is 1. The van der Waals surface area contributed by atoms with Gasteiger partial charge in [-0.2, -0.15) is 0 Å². The number of nitrogens with zero attached hydrogens (tertiary/aromatic N) is 2. The molecule has 1 aliphatic heterocycles. The number of aromatic nitrogens is 2. The zero-order chi connectivity index (χ0) is 19.8. The summed E-state index contributed by atoms with van der Waals surface area (Å²) in [7, 11) is 0. The molecule has 0 saturated carbocycles. The number of benzene rings is 3. The van der Waals surface area contributed by atoms with Crippen molar-refractivity contribution in [3.8, 4) is 22.9 Å². The average Bonchev–Trinajstić information content (AvgIpc) is 3.20. The normalized spacial score (nSPS) is 12.3. The summed E-state index contributed by atoms with van der Waals surface area (Å²) in [5, 5.41) is 10.4. The Bertz CT molecular complexity index is 1330. The van der Waals surface area contributed by atoms with E-state index in [4.69, 9.17) is 9.47 Å². The average molecular weight is 402 g/mol. The number of hydrogen-bond acceptors (Lipinski definition) is 5. The van der Waals surface area contributed by atoms with Gasteiger partial charge in [-0.3, -0.25) is 9.36 Å². The molecule has 0 atom stereocenters. The van der Waals surface area contributed by atoms with Crippen molar-refractivity contribution in [3.05, 3.63) is 88.5 Å². The van der Waals surface area contributed by atoms with Gasteiger partial charge in [0.15, 0.2) is 11.5 Å². The largest absolute Gasteiger partial charge is 0.508 e. The van der Waals surface area contributed by atoms with Crippen molar-refractivity contribution in [1.29, 1.82) is 0 Å². The van der Waals surface area contributed by atoms with E-state index in [2.05, 4.69) is 4.98 Å². The molecule has 0 saturated heterocycles. The Morgan fingerprint density at radius 3 is 2.63 bits per heavy atom. The molecule has 0 fully saturated rings. The maximum Gasteiger partial charge on any atom is 0.266 e. The highest BCUT2D eigenvalue weighted by atomic mass is 16.7. The van der Waals surface area contributed by atoms with Gasteiger partial charge in [-0.25, -0.2) is 4.98 Å². The van der Waals surface area contributed by atoms with Crippen molar-refractivity contribution in [2.24, 2.45) is 0 Å². The van der Waals surface area contributed by atoms with E-state index in [1.54, 1.807) is 42.5 Å². The molecule has 5 rings (SSSR count). The van der Waals surface area contributed by atoms with Gasteiger partial charge in [0.25, 0.3) is 5.56 Å². The van der Waals surface area contributed by atoms with Crippen LogP contribution in [0.1, 0.15) is 11.4 Å². The first-order valence-electron chi connectivity index (χ1n) is 9.08. The number of fused-ring (bicyclic) bond motifs is 2. The maximum atomic E-state index is 13.2. The molecule has 7 heteroatoms. The second-order valence-electron chi connectivity index (χ2n) is 6.59. The maximum absolute atomic E-state index is 13.2. The van der Waals surface area contributed by atoms with Gasteiger partial charge in [0.2, 0.25) is 6.79 Å². The van der Waals surface area contributed by atoms with Crippen molar-refractivity contribution in [1.82, 2.24) is 9.55 Å². The van der Waals surface area contributed by atoms with Crippen molar-refractivity contribution in [2.45, 2.75) is 0 Å². The van der Waals surface area contributed by atoms with Crippen LogP contribution >= 0.6 is 0 Å². The molecular weight excluding hydrogens is 384 g/mol. The van der Waals surface area contributed by atoms with Gasteiger partial charge in [0.05, 0.1) is 16.6 Å². The van der Waals surface area contributed by atoms with Crippen LogP contribution < -0.4 is 15.0 Å². The van der Waals surface area contributed by atoms with Crippen LogP contribution in [0.4, 0.5) is 0 Å². The zero-order valence-electron chi connectivity index (χ0n) is 15.8. The van der Waals surface area contributed by atoms with Gasteiger partial charge in [-0.05, 0) is 48.0 Å². The number of phenolic OH excluding ortho intramolecular Hbond substituents is 1. The summed E-state index contributed by atoms with van der Waals surface area (Å²) in [6.45, 7) is 0.214. The first-order valence-corrected chi connectivity index (χ1v) is 9.08. The molecule has 3 N–H and O–H groups in total. The fourth-order valence-electron chi connectivity index (χ4n) is 3.33. The smallest absolute Gasteiger partial charge is 0.266 e. The molecule has 150 valence electrons. The third-order valence-electron chi connectivity index (χ3n) is 4.71. The number of hydrogen-bond donors (Lipinski definition) is 1. The summed E-state index contributed by atoms with van der Waals surface area (Å²) < 4.78 is 12.3. The highest BCUT2D eigenvalue weighted by molar-refractivity contribution is 5.80. The molecule has 0 unspecified atom stereocenters. The van der Waals surface area contributed by atoms with Crippen molar-refractivity contribution in [3.63, 3.8) is 0 Å². The topological polar surface area (TPSA) is 105 Å². The van der Waals surface area contributed by atoms with Gasteiger partial charge in [-0.15, -0.1) is 0 Å². The highest BCUT2D eigenvalue weighted by Crippen LogP contribution is 2.33. The molecule has 30 heavy (non-hydrogen) atoms. The van der Waals surface area contributed by atoms with Crippen LogP contribution in [0.25, 0.3) is 28.7 Å². The molecular formula is C23H18N2O5. The lowest BCUT2D eigenvalue weighted by Crippen LogP contribution is -2.22. The monoisotopic (exact) mass is 402 g/mol. The van der Waals surface area contributed by atoms with Gasteiger partial charge < -0.3 is 20.1 Å². The predicted octanol–water partition coefficient (Wildman–Crippen LogP) is 3.17. The van der Waals surface area contributed by atoms with Crippen LogP contribution in [0.5, 0.6) is 17.2 Å². The molecule has 0 aliphatic carbocycles. The first-order chi connectivity index (χ1) is 14.2. The van der Waals surface area contributed by atoms with Gasteiger partial charge in [-0.1, -0.05) is 30.3 Å². The molecule has 7 nitrogen and oxygen atoms in total. The number of para-hydroxylation sites is 1. The molecule has 0 radical (unpaired) electrons. The SMILES string of the molecule is O.O=c1c2ccccc2nc(/C=C/c2ccc3c(c2)OCO3)n1-c1cccc(O)c1. The number of rotatable bonds is 3. The van der Waals surface area contributed by atoms with E-state index in [-0.39, 0.29) is 23.6 Å². The Morgan fingerprint density at radius 2 is 1.77 bits per heavy atom. The predicted molar refractivity (Wildman–Crippen MR) is 114 cm³/mol. The fraction of sp³-hybridized carbons (Fsp3) is 0.0435. The van der Waals surface area contributed by atoms with E-state index in [0.29, 0.717) is 33.9 Å². The van der Waals surface area contributed by atoms with Gasteiger partial charge in [0, 0.05) is 6.07 Å². The molecule has 1 aliphatic rings. The lowest BCUT2D eigenvalue weighted by Gasteiger charge is -2.11. The van der Waals surface area contributed by atoms with E-state index in [9.17, 15) is 9.90 Å². The molecule has 1 aromatic heterocycles. The van der Waals surface area contributed by atoms with Crippen LogP contribution in [0.15, 0.2) is 71.5 Å². The van der Waals surface area contributed by atoms with E-state index >= 15 is 0 Å². The second kappa shape index (κ2) is 7.73. The lowest BCUT2D eigenvalue weighted by molar-refractivity contribution is 0.174. The van der Waals surface area contributed by atoms with E-state index in [1.165, 1.54) is 10.6 Å². The second-order valence-corrected chi connectivity index (χ2v) is 6.59. The van der Waals surface area contributed by atoms with Crippen molar-refractivity contribution in [2.75, 3.05) is 6.79 Å². The van der Waals surface area contributed by atoms with Crippen LogP contribution in [0, 0.1) is 0 Å². The Morgan fingerprint density at radius 1 is 0.933 bits per heavy atom. The van der Waals surface area contributed by atoms with Crippen LogP contribution in [-0.2, 0) is 0 Å². The lowest BCUT2D eigenvalue weighted by atomic mass is 10.1. The third-order valence-corrected chi connectivity index (χ3v) is 4.71. The molecule has 0 amide bonds. The number of ether oxygens (including phenoxy) is 2. The molecule has 0 bridgehead atoms. The Balaban J connectivity index is 0.00000218. The van der Waals surface area contributed by atoms with E-state index < -0.39 is 0 Å². The minimum absolute atomic E-state index is 0. The van der Waals surface area contributed by atoms with Gasteiger partial charge >= 0.3 is 0 Å². The fourth-order valence-corrected chi connectivity index (χ4v) is 3.33.